The highest BCUT2D eigenvalue weighted by Gasteiger charge is 2.19. The van der Waals surface area contributed by atoms with E-state index >= 15 is 0 Å². The van der Waals surface area contributed by atoms with Gasteiger partial charge in [-0.05, 0) is 49.7 Å². The topological polar surface area (TPSA) is 45.9 Å². The molecule has 3 heteroatoms. The van der Waals surface area contributed by atoms with Crippen LogP contribution in [0.25, 0.3) is 0 Å². The Bertz CT molecular complexity index is 498. The lowest BCUT2D eigenvalue weighted by Crippen LogP contribution is -2.16. The molecule has 0 spiro atoms. The van der Waals surface area contributed by atoms with Gasteiger partial charge in [0.15, 0.2) is 0 Å². The summed E-state index contributed by atoms with van der Waals surface area (Å²) < 4.78 is 5.86. The van der Waals surface area contributed by atoms with Gasteiger partial charge in [0.05, 0.1) is 6.61 Å². The summed E-state index contributed by atoms with van der Waals surface area (Å²) in [6.07, 6.45) is 9.74. The number of ether oxygens (including phenoxy) is 1. The zero-order valence-corrected chi connectivity index (χ0v) is 11.3. The van der Waals surface area contributed by atoms with E-state index in [4.69, 9.17) is 4.74 Å². The first-order valence-corrected chi connectivity index (χ1v) is 7.42. The SMILES string of the molecule is N#Cc1cc2c(nc1OCC1CCCCC1)CCC2. The number of aryl methyl sites for hydroxylation is 2. The van der Waals surface area contributed by atoms with Gasteiger partial charge in [-0.25, -0.2) is 4.98 Å². The lowest BCUT2D eigenvalue weighted by molar-refractivity contribution is 0.202. The van der Waals surface area contributed by atoms with Crippen molar-refractivity contribution in [2.75, 3.05) is 6.61 Å². The molecule has 1 heterocycles. The van der Waals surface area contributed by atoms with E-state index in [-0.39, 0.29) is 0 Å². The molecule has 0 unspecified atom stereocenters. The molecule has 0 aromatic carbocycles. The number of nitriles is 1. The minimum absolute atomic E-state index is 0.564. The summed E-state index contributed by atoms with van der Waals surface area (Å²) in [7, 11) is 0. The van der Waals surface area contributed by atoms with E-state index in [0.29, 0.717) is 17.4 Å². The van der Waals surface area contributed by atoms with Crippen molar-refractivity contribution < 1.29 is 4.74 Å². The predicted molar refractivity (Wildman–Crippen MR) is 73.0 cm³/mol. The standard InChI is InChI=1S/C16H20N2O/c17-10-14-9-13-7-4-8-15(13)18-16(14)19-11-12-5-2-1-3-6-12/h9,12H,1-8,11H2. The van der Waals surface area contributed by atoms with E-state index in [1.54, 1.807) is 0 Å². The summed E-state index contributed by atoms with van der Waals surface area (Å²) in [5.74, 6) is 1.21. The molecule has 2 aliphatic carbocycles. The molecule has 3 rings (SSSR count). The molecule has 0 aliphatic heterocycles. The summed E-state index contributed by atoms with van der Waals surface area (Å²) in [5, 5.41) is 9.22. The van der Waals surface area contributed by atoms with Crippen molar-refractivity contribution in [2.24, 2.45) is 5.92 Å². The van der Waals surface area contributed by atoms with Crippen LogP contribution < -0.4 is 4.74 Å². The Hall–Kier alpha value is -1.56. The largest absolute Gasteiger partial charge is 0.476 e. The summed E-state index contributed by atoms with van der Waals surface area (Å²) in [5.41, 5.74) is 2.98. The highest BCUT2D eigenvalue weighted by molar-refractivity contribution is 5.44. The molecule has 100 valence electrons. The quantitative estimate of drug-likeness (QED) is 0.832. The van der Waals surface area contributed by atoms with Gasteiger partial charge in [-0.15, -0.1) is 0 Å². The van der Waals surface area contributed by atoms with Crippen molar-refractivity contribution >= 4 is 0 Å². The fraction of sp³-hybridized carbons (Fsp3) is 0.625. The smallest absolute Gasteiger partial charge is 0.231 e. The fourth-order valence-corrected chi connectivity index (χ4v) is 3.19. The van der Waals surface area contributed by atoms with Crippen molar-refractivity contribution in [3.63, 3.8) is 0 Å². The van der Waals surface area contributed by atoms with E-state index in [1.807, 2.05) is 6.07 Å². The molecule has 0 amide bonds. The summed E-state index contributed by atoms with van der Waals surface area (Å²) >= 11 is 0. The van der Waals surface area contributed by atoms with Crippen LogP contribution in [0, 0.1) is 17.2 Å². The molecule has 0 atom stereocenters. The normalized spacial score (nSPS) is 18.9. The Kier molecular flexibility index (Phi) is 3.68. The van der Waals surface area contributed by atoms with Gasteiger partial charge in [0.2, 0.25) is 5.88 Å². The van der Waals surface area contributed by atoms with Crippen LogP contribution in [-0.4, -0.2) is 11.6 Å². The van der Waals surface area contributed by atoms with Gasteiger partial charge in [-0.3, -0.25) is 0 Å². The van der Waals surface area contributed by atoms with Gasteiger partial charge in [0.25, 0.3) is 0 Å². The minimum Gasteiger partial charge on any atom is -0.476 e. The predicted octanol–water partition coefficient (Wildman–Crippen LogP) is 3.40. The van der Waals surface area contributed by atoms with Crippen molar-refractivity contribution in [3.8, 4) is 11.9 Å². The number of hydrogen-bond acceptors (Lipinski definition) is 3. The van der Waals surface area contributed by atoms with Crippen LogP contribution in [-0.2, 0) is 12.8 Å². The highest BCUT2D eigenvalue weighted by Crippen LogP contribution is 2.28. The fourth-order valence-electron chi connectivity index (χ4n) is 3.19. The monoisotopic (exact) mass is 256 g/mol. The van der Waals surface area contributed by atoms with Gasteiger partial charge >= 0.3 is 0 Å². The van der Waals surface area contributed by atoms with Gasteiger partial charge in [-0.2, -0.15) is 5.26 Å². The Morgan fingerprint density at radius 3 is 2.84 bits per heavy atom. The van der Waals surface area contributed by atoms with Crippen LogP contribution in [0.3, 0.4) is 0 Å². The van der Waals surface area contributed by atoms with E-state index in [1.165, 1.54) is 37.7 Å². The second-order valence-corrected chi connectivity index (χ2v) is 5.73. The average Bonchev–Trinajstić information content (AvgIpc) is 2.92. The molecule has 19 heavy (non-hydrogen) atoms. The van der Waals surface area contributed by atoms with E-state index in [2.05, 4.69) is 11.1 Å². The number of hydrogen-bond donors (Lipinski definition) is 0. The Morgan fingerprint density at radius 2 is 2.05 bits per heavy atom. The van der Waals surface area contributed by atoms with Crippen LogP contribution in [0.2, 0.25) is 0 Å². The molecule has 0 radical (unpaired) electrons. The van der Waals surface area contributed by atoms with E-state index in [9.17, 15) is 5.26 Å². The zero-order chi connectivity index (χ0) is 13.1. The first-order chi connectivity index (χ1) is 9.36. The third kappa shape index (κ3) is 2.73. The maximum atomic E-state index is 9.22. The van der Waals surface area contributed by atoms with Crippen LogP contribution in [0.4, 0.5) is 0 Å². The minimum atomic E-state index is 0.564. The Morgan fingerprint density at radius 1 is 1.21 bits per heavy atom. The molecule has 1 saturated carbocycles. The van der Waals surface area contributed by atoms with Crippen molar-refractivity contribution in [2.45, 2.75) is 51.4 Å². The average molecular weight is 256 g/mol. The molecule has 1 aromatic rings. The number of rotatable bonds is 3. The second kappa shape index (κ2) is 5.61. The molecule has 3 nitrogen and oxygen atoms in total. The van der Waals surface area contributed by atoms with Crippen molar-refractivity contribution in [1.82, 2.24) is 4.98 Å². The van der Waals surface area contributed by atoms with E-state index < -0.39 is 0 Å². The van der Waals surface area contributed by atoms with Crippen LogP contribution in [0.15, 0.2) is 6.07 Å². The molecular formula is C16H20N2O. The van der Waals surface area contributed by atoms with Gasteiger partial charge < -0.3 is 4.74 Å². The third-order valence-electron chi connectivity index (χ3n) is 4.32. The highest BCUT2D eigenvalue weighted by atomic mass is 16.5. The Labute approximate surface area is 114 Å². The van der Waals surface area contributed by atoms with Crippen molar-refractivity contribution in [1.29, 1.82) is 5.26 Å². The summed E-state index contributed by atoms with van der Waals surface area (Å²) in [6, 6.07) is 4.20. The van der Waals surface area contributed by atoms with Gasteiger partial charge in [-0.1, -0.05) is 19.3 Å². The number of fused-ring (bicyclic) bond motifs is 1. The molecular weight excluding hydrogens is 236 g/mol. The molecule has 0 bridgehead atoms. The summed E-state index contributed by atoms with van der Waals surface area (Å²) in [4.78, 5) is 4.56. The lowest BCUT2D eigenvalue weighted by atomic mass is 9.90. The molecule has 0 saturated heterocycles. The zero-order valence-electron chi connectivity index (χ0n) is 11.3. The van der Waals surface area contributed by atoms with Crippen molar-refractivity contribution in [3.05, 3.63) is 22.9 Å². The third-order valence-corrected chi connectivity index (χ3v) is 4.32. The number of nitrogens with zero attached hydrogens (tertiary/aromatic N) is 2. The number of aromatic nitrogens is 1. The first kappa shape index (κ1) is 12.5. The van der Waals surface area contributed by atoms with Crippen LogP contribution in [0.5, 0.6) is 5.88 Å². The maximum absolute atomic E-state index is 9.22. The molecule has 1 aromatic heterocycles. The Balaban J connectivity index is 1.71. The second-order valence-electron chi connectivity index (χ2n) is 5.73. The van der Waals surface area contributed by atoms with Gasteiger partial charge in [0, 0.05) is 5.69 Å². The molecule has 1 fully saturated rings. The first-order valence-electron chi connectivity index (χ1n) is 7.42. The lowest BCUT2D eigenvalue weighted by Gasteiger charge is -2.21. The maximum Gasteiger partial charge on any atom is 0.231 e. The van der Waals surface area contributed by atoms with E-state index in [0.717, 1.165) is 31.6 Å². The van der Waals surface area contributed by atoms with Crippen LogP contribution in [0.1, 0.15) is 55.3 Å². The van der Waals surface area contributed by atoms with Gasteiger partial charge in [0.1, 0.15) is 11.6 Å². The number of pyridine rings is 1. The van der Waals surface area contributed by atoms with Crippen LogP contribution >= 0.6 is 0 Å². The summed E-state index contributed by atoms with van der Waals surface area (Å²) in [6.45, 7) is 0.723. The molecule has 0 N–H and O–H groups in total. The molecule has 2 aliphatic rings.